The molecule has 0 saturated carbocycles. The van der Waals surface area contributed by atoms with E-state index in [2.05, 4.69) is 15.9 Å². The summed E-state index contributed by atoms with van der Waals surface area (Å²) in [6.45, 7) is 1.39. The topological polar surface area (TPSA) is 43.4 Å². The molecule has 0 fully saturated rings. The van der Waals surface area contributed by atoms with Gasteiger partial charge in [-0.2, -0.15) is 0 Å². The molecular formula is C11H13BrF2O3S. The van der Waals surface area contributed by atoms with E-state index in [4.69, 9.17) is 4.74 Å². The highest BCUT2D eigenvalue weighted by Crippen LogP contribution is 2.35. The summed E-state index contributed by atoms with van der Waals surface area (Å²) < 4.78 is 55.0. The molecule has 1 rings (SSSR count). The largest absolute Gasteiger partial charge is 0.497 e. The van der Waals surface area contributed by atoms with Gasteiger partial charge in [-0.25, -0.2) is 17.2 Å². The van der Waals surface area contributed by atoms with Gasteiger partial charge in [0.1, 0.15) is 17.4 Å². The minimum atomic E-state index is -3.41. The summed E-state index contributed by atoms with van der Waals surface area (Å²) in [6.07, 6.45) is 1.02. The van der Waals surface area contributed by atoms with Crippen molar-refractivity contribution in [3.63, 3.8) is 0 Å². The maximum Gasteiger partial charge on any atom is 0.151 e. The van der Waals surface area contributed by atoms with Crippen molar-refractivity contribution in [2.24, 2.45) is 0 Å². The molecule has 2 unspecified atom stereocenters. The average Bonchev–Trinajstić information content (AvgIpc) is 2.25. The van der Waals surface area contributed by atoms with Gasteiger partial charge in [0.25, 0.3) is 0 Å². The Kier molecular flexibility index (Phi) is 4.72. The lowest BCUT2D eigenvalue weighted by Gasteiger charge is -2.18. The standard InChI is InChI=1S/C11H13BrF2O3S/c1-6(18(3,15)16)11(12)10-8(13)4-7(17-2)5-9(10)14/h4-6,11H,1-3H3. The van der Waals surface area contributed by atoms with Crippen LogP contribution in [0.2, 0.25) is 0 Å². The third kappa shape index (κ3) is 3.20. The zero-order valence-corrected chi connectivity index (χ0v) is 12.5. The third-order valence-corrected chi connectivity index (χ3v) is 5.88. The van der Waals surface area contributed by atoms with E-state index in [0.717, 1.165) is 18.4 Å². The van der Waals surface area contributed by atoms with Crippen LogP contribution in [0.25, 0.3) is 0 Å². The van der Waals surface area contributed by atoms with Crippen LogP contribution in [0.4, 0.5) is 8.78 Å². The molecule has 0 aliphatic rings. The van der Waals surface area contributed by atoms with Crippen LogP contribution < -0.4 is 4.74 Å². The quantitative estimate of drug-likeness (QED) is 0.790. The number of rotatable bonds is 4. The highest BCUT2D eigenvalue weighted by atomic mass is 79.9. The second-order valence-corrected chi connectivity index (χ2v) is 7.33. The fourth-order valence-corrected chi connectivity index (χ4v) is 3.58. The number of sulfone groups is 1. The molecule has 1 aromatic rings. The lowest BCUT2D eigenvalue weighted by Crippen LogP contribution is -2.22. The van der Waals surface area contributed by atoms with E-state index < -0.39 is 31.5 Å². The molecule has 0 aromatic heterocycles. The van der Waals surface area contributed by atoms with Crippen LogP contribution in [0.5, 0.6) is 5.75 Å². The molecule has 0 aliphatic heterocycles. The first-order valence-electron chi connectivity index (χ1n) is 5.04. The molecule has 0 bridgehead atoms. The van der Waals surface area contributed by atoms with Crippen LogP contribution in [0.3, 0.4) is 0 Å². The van der Waals surface area contributed by atoms with E-state index in [1.807, 2.05) is 0 Å². The molecule has 102 valence electrons. The van der Waals surface area contributed by atoms with Gasteiger partial charge in [0.15, 0.2) is 9.84 Å². The summed E-state index contributed by atoms with van der Waals surface area (Å²) in [5.41, 5.74) is -0.311. The van der Waals surface area contributed by atoms with E-state index in [-0.39, 0.29) is 11.3 Å². The second kappa shape index (κ2) is 5.52. The van der Waals surface area contributed by atoms with Crippen molar-refractivity contribution in [3.8, 4) is 5.75 Å². The number of methoxy groups -OCH3 is 1. The first-order chi connectivity index (χ1) is 8.18. The van der Waals surface area contributed by atoms with Gasteiger partial charge in [0.2, 0.25) is 0 Å². The van der Waals surface area contributed by atoms with Gasteiger partial charge in [-0.1, -0.05) is 15.9 Å². The van der Waals surface area contributed by atoms with Crippen LogP contribution in [0, 0.1) is 11.6 Å². The van der Waals surface area contributed by atoms with Crippen molar-refractivity contribution < 1.29 is 21.9 Å². The Balaban J connectivity index is 3.26. The highest BCUT2D eigenvalue weighted by molar-refractivity contribution is 9.09. The first-order valence-corrected chi connectivity index (χ1v) is 7.91. The van der Waals surface area contributed by atoms with Crippen LogP contribution in [0.1, 0.15) is 17.3 Å². The predicted octanol–water partition coefficient (Wildman–Crippen LogP) is 2.84. The molecule has 0 saturated heterocycles. The van der Waals surface area contributed by atoms with Gasteiger partial charge in [0.05, 0.1) is 17.2 Å². The summed E-state index contributed by atoms with van der Waals surface area (Å²) in [4.78, 5) is -0.960. The third-order valence-electron chi connectivity index (χ3n) is 2.65. The SMILES string of the molecule is COc1cc(F)c(C(Br)C(C)S(C)(=O)=O)c(F)c1. The van der Waals surface area contributed by atoms with Crippen LogP contribution in [-0.4, -0.2) is 27.0 Å². The van der Waals surface area contributed by atoms with Gasteiger partial charge in [-0.3, -0.25) is 0 Å². The maximum absolute atomic E-state index is 13.8. The number of hydrogen-bond acceptors (Lipinski definition) is 3. The summed E-state index contributed by atoms with van der Waals surface area (Å²) >= 11 is 3.04. The van der Waals surface area contributed by atoms with Crippen LogP contribution in [0.15, 0.2) is 12.1 Å². The monoisotopic (exact) mass is 342 g/mol. The van der Waals surface area contributed by atoms with Crippen molar-refractivity contribution in [2.45, 2.75) is 17.0 Å². The molecule has 7 heteroatoms. The number of hydrogen-bond donors (Lipinski definition) is 0. The Morgan fingerprint density at radius 1 is 1.28 bits per heavy atom. The average molecular weight is 343 g/mol. The Morgan fingerprint density at radius 2 is 1.72 bits per heavy atom. The zero-order chi connectivity index (χ0) is 14.1. The molecule has 0 heterocycles. The molecular weight excluding hydrogens is 330 g/mol. The van der Waals surface area contributed by atoms with Gasteiger partial charge in [0, 0.05) is 24.0 Å². The second-order valence-electron chi connectivity index (χ2n) is 3.94. The zero-order valence-electron chi connectivity index (χ0n) is 10.1. The minimum absolute atomic E-state index is 0.0421. The van der Waals surface area contributed by atoms with E-state index in [0.29, 0.717) is 0 Å². The van der Waals surface area contributed by atoms with Crippen molar-refractivity contribution >= 4 is 25.8 Å². The predicted molar refractivity (Wildman–Crippen MR) is 68.9 cm³/mol. The van der Waals surface area contributed by atoms with Gasteiger partial charge < -0.3 is 4.74 Å². The highest BCUT2D eigenvalue weighted by Gasteiger charge is 2.30. The molecule has 3 nitrogen and oxygen atoms in total. The molecule has 0 radical (unpaired) electrons. The van der Waals surface area contributed by atoms with Gasteiger partial charge >= 0.3 is 0 Å². The van der Waals surface area contributed by atoms with E-state index in [1.54, 1.807) is 0 Å². The summed E-state index contributed by atoms with van der Waals surface area (Å²) in [5, 5.41) is -0.949. The van der Waals surface area contributed by atoms with E-state index >= 15 is 0 Å². The molecule has 2 atom stereocenters. The smallest absolute Gasteiger partial charge is 0.151 e. The fraction of sp³-hybridized carbons (Fsp3) is 0.455. The normalized spacial score (nSPS) is 15.2. The lowest BCUT2D eigenvalue weighted by molar-refractivity contribution is 0.405. The lowest BCUT2D eigenvalue weighted by atomic mass is 10.1. The number of ether oxygens (including phenoxy) is 1. The maximum atomic E-state index is 13.8. The molecule has 18 heavy (non-hydrogen) atoms. The van der Waals surface area contributed by atoms with Crippen LogP contribution >= 0.6 is 15.9 Å². The summed E-state index contributed by atoms with van der Waals surface area (Å²) in [7, 11) is -2.12. The van der Waals surface area contributed by atoms with Gasteiger partial charge in [-0.15, -0.1) is 0 Å². The van der Waals surface area contributed by atoms with Crippen molar-refractivity contribution in [1.82, 2.24) is 0 Å². The van der Waals surface area contributed by atoms with Gasteiger partial charge in [-0.05, 0) is 6.92 Å². The Hall–Kier alpha value is -0.690. The van der Waals surface area contributed by atoms with Crippen molar-refractivity contribution in [1.29, 1.82) is 0 Å². The van der Waals surface area contributed by atoms with E-state index in [9.17, 15) is 17.2 Å². The summed E-state index contributed by atoms with van der Waals surface area (Å²) in [5.74, 6) is -1.64. The minimum Gasteiger partial charge on any atom is -0.497 e. The molecule has 0 spiro atoms. The van der Waals surface area contributed by atoms with Crippen molar-refractivity contribution in [2.75, 3.05) is 13.4 Å². The fourth-order valence-electron chi connectivity index (χ4n) is 1.39. The Labute approximate surface area is 113 Å². The van der Waals surface area contributed by atoms with Crippen LogP contribution in [-0.2, 0) is 9.84 Å². The number of alkyl halides is 1. The summed E-state index contributed by atoms with van der Waals surface area (Å²) in [6, 6.07) is 2.03. The Morgan fingerprint density at radius 3 is 2.06 bits per heavy atom. The molecule has 0 N–H and O–H groups in total. The van der Waals surface area contributed by atoms with E-state index in [1.165, 1.54) is 14.0 Å². The molecule has 1 aromatic carbocycles. The number of halogens is 3. The molecule has 0 aliphatic carbocycles. The Bertz CT molecular complexity index is 522. The van der Waals surface area contributed by atoms with Crippen molar-refractivity contribution in [3.05, 3.63) is 29.3 Å². The molecule has 0 amide bonds. The first kappa shape index (κ1) is 15.4. The number of benzene rings is 1.